The lowest BCUT2D eigenvalue weighted by molar-refractivity contribution is -0.218. The lowest BCUT2D eigenvalue weighted by Crippen LogP contribution is -2.57. The molecular weight excluding hydrogens is 406 g/mol. The van der Waals surface area contributed by atoms with Crippen LogP contribution in [0.1, 0.15) is 13.8 Å². The van der Waals surface area contributed by atoms with E-state index in [4.69, 9.17) is 11.6 Å². The molecule has 1 N–H and O–H groups in total. The zero-order valence-corrected chi connectivity index (χ0v) is 13.8. The van der Waals surface area contributed by atoms with Gasteiger partial charge < -0.3 is 5.32 Å². The van der Waals surface area contributed by atoms with Gasteiger partial charge in [-0.2, -0.15) is 13.2 Å². The second kappa shape index (κ2) is 6.09. The number of carbonyl (C=O) groups is 1. The molecule has 0 saturated carbocycles. The Hall–Kier alpha value is -0.500. The zero-order valence-electron chi connectivity index (χ0n) is 10.9. The van der Waals surface area contributed by atoms with Crippen LogP contribution in [-0.2, 0) is 4.79 Å². The van der Waals surface area contributed by atoms with Crippen LogP contribution < -0.4 is 5.32 Å². The number of para-hydroxylation sites is 1. The van der Waals surface area contributed by atoms with Gasteiger partial charge >= 0.3 is 6.18 Å². The standard InChI is InChI=1S/C13H14ClF3INO/c1-11(8-18,13(15,16)17)12(2,14)10(20)19-9-6-4-3-5-7-9/h3-7H,8H2,1-2H3,(H,19,20). The summed E-state index contributed by atoms with van der Waals surface area (Å²) in [4.78, 5) is 10.0. The summed E-state index contributed by atoms with van der Waals surface area (Å²) in [6.07, 6.45) is -4.58. The van der Waals surface area contributed by atoms with E-state index in [0.29, 0.717) is 5.69 Å². The maximum atomic E-state index is 13.2. The maximum Gasteiger partial charge on any atom is 0.397 e. The second-order valence-corrected chi connectivity index (χ2v) is 6.31. The first-order valence-electron chi connectivity index (χ1n) is 5.74. The molecule has 0 fully saturated rings. The Morgan fingerprint density at radius 3 is 2.15 bits per heavy atom. The molecule has 2 unspecified atom stereocenters. The molecule has 2 nitrogen and oxygen atoms in total. The molecule has 1 aromatic carbocycles. The first-order valence-corrected chi connectivity index (χ1v) is 7.65. The Morgan fingerprint density at radius 1 is 1.25 bits per heavy atom. The normalized spacial score (nSPS) is 17.9. The Labute approximate surface area is 134 Å². The summed E-state index contributed by atoms with van der Waals surface area (Å²) < 4.78 is 39.4. The molecule has 7 heteroatoms. The molecule has 0 radical (unpaired) electrons. The number of halogens is 5. The average molecular weight is 420 g/mol. The van der Waals surface area contributed by atoms with Crippen molar-refractivity contribution in [3.8, 4) is 0 Å². The Morgan fingerprint density at radius 2 is 1.75 bits per heavy atom. The van der Waals surface area contributed by atoms with Gasteiger partial charge in [-0.1, -0.05) is 40.8 Å². The number of hydrogen-bond donors (Lipinski definition) is 1. The van der Waals surface area contributed by atoms with E-state index < -0.39 is 22.4 Å². The highest BCUT2D eigenvalue weighted by Gasteiger charge is 2.63. The highest BCUT2D eigenvalue weighted by Crippen LogP contribution is 2.51. The van der Waals surface area contributed by atoms with Crippen LogP contribution in [0.25, 0.3) is 0 Å². The molecule has 0 saturated heterocycles. The van der Waals surface area contributed by atoms with Crippen LogP contribution in [0.4, 0.5) is 18.9 Å². The predicted molar refractivity (Wildman–Crippen MR) is 82.4 cm³/mol. The minimum Gasteiger partial charge on any atom is -0.325 e. The molecule has 112 valence electrons. The number of carbonyl (C=O) groups excluding carboxylic acids is 1. The van der Waals surface area contributed by atoms with Gasteiger partial charge in [-0.3, -0.25) is 4.79 Å². The predicted octanol–water partition coefficient (Wildman–Crippen LogP) is 4.63. The van der Waals surface area contributed by atoms with Crippen LogP contribution >= 0.6 is 34.2 Å². The van der Waals surface area contributed by atoms with Crippen molar-refractivity contribution in [2.24, 2.45) is 5.41 Å². The SMILES string of the molecule is CC(Cl)(C(=O)Nc1ccccc1)C(C)(CI)C(F)(F)F. The van der Waals surface area contributed by atoms with Crippen LogP contribution in [0.15, 0.2) is 30.3 Å². The van der Waals surface area contributed by atoms with E-state index in [2.05, 4.69) is 5.32 Å². The fourth-order valence-electron chi connectivity index (χ4n) is 1.49. The van der Waals surface area contributed by atoms with Gasteiger partial charge in [0.05, 0.1) is 5.41 Å². The van der Waals surface area contributed by atoms with E-state index in [9.17, 15) is 18.0 Å². The minimum atomic E-state index is -4.58. The van der Waals surface area contributed by atoms with Gasteiger partial charge in [0.1, 0.15) is 4.87 Å². The van der Waals surface area contributed by atoms with Crippen molar-refractivity contribution in [2.45, 2.75) is 24.9 Å². The number of nitrogens with one attached hydrogen (secondary N) is 1. The van der Waals surface area contributed by atoms with E-state index in [0.717, 1.165) is 13.8 Å². The van der Waals surface area contributed by atoms with Crippen LogP contribution in [0.3, 0.4) is 0 Å². The van der Waals surface area contributed by atoms with Gasteiger partial charge in [0.2, 0.25) is 5.91 Å². The fraction of sp³-hybridized carbons (Fsp3) is 0.462. The molecular formula is C13H14ClF3INO. The fourth-order valence-corrected chi connectivity index (χ4v) is 3.13. The van der Waals surface area contributed by atoms with E-state index in [1.807, 2.05) is 0 Å². The molecule has 2 atom stereocenters. The van der Waals surface area contributed by atoms with Crippen LogP contribution in [0.2, 0.25) is 0 Å². The number of alkyl halides is 5. The monoisotopic (exact) mass is 419 g/mol. The molecule has 1 amide bonds. The van der Waals surface area contributed by atoms with Crippen LogP contribution in [0.5, 0.6) is 0 Å². The summed E-state index contributed by atoms with van der Waals surface area (Å²) in [6, 6.07) is 8.24. The van der Waals surface area contributed by atoms with Gasteiger partial charge in [-0.05, 0) is 26.0 Å². The van der Waals surface area contributed by atoms with Gasteiger partial charge in [0.25, 0.3) is 0 Å². The molecule has 0 aromatic heterocycles. The Kier molecular flexibility index (Phi) is 5.34. The summed E-state index contributed by atoms with van der Waals surface area (Å²) in [6.45, 7) is 2.05. The van der Waals surface area contributed by atoms with Crippen molar-refractivity contribution in [1.82, 2.24) is 0 Å². The van der Waals surface area contributed by atoms with Gasteiger partial charge in [0, 0.05) is 10.1 Å². The van der Waals surface area contributed by atoms with Crippen molar-refractivity contribution >= 4 is 45.8 Å². The van der Waals surface area contributed by atoms with Gasteiger partial charge in [0.15, 0.2) is 0 Å². The molecule has 20 heavy (non-hydrogen) atoms. The molecule has 1 rings (SSSR count). The molecule has 0 aliphatic heterocycles. The van der Waals surface area contributed by atoms with Crippen LogP contribution in [0, 0.1) is 5.41 Å². The highest BCUT2D eigenvalue weighted by molar-refractivity contribution is 14.1. The molecule has 0 heterocycles. The molecule has 0 bridgehead atoms. The van der Waals surface area contributed by atoms with E-state index in [1.165, 1.54) is 0 Å². The van der Waals surface area contributed by atoms with Gasteiger partial charge in [-0.25, -0.2) is 0 Å². The first kappa shape index (κ1) is 17.6. The lowest BCUT2D eigenvalue weighted by Gasteiger charge is -2.40. The minimum absolute atomic E-state index is 0.323. The van der Waals surface area contributed by atoms with Gasteiger partial charge in [-0.15, -0.1) is 11.6 Å². The molecule has 0 aliphatic carbocycles. The summed E-state index contributed by atoms with van der Waals surface area (Å²) in [5, 5.41) is 2.42. The summed E-state index contributed by atoms with van der Waals surface area (Å²) in [5.41, 5.74) is -1.93. The number of anilines is 1. The average Bonchev–Trinajstić information content (AvgIpc) is 2.37. The number of rotatable bonds is 4. The first-order chi connectivity index (χ1) is 9.06. The zero-order chi connectivity index (χ0) is 15.6. The number of benzene rings is 1. The summed E-state index contributed by atoms with van der Waals surface area (Å²) in [5.74, 6) is -0.873. The van der Waals surface area contributed by atoms with Crippen molar-refractivity contribution < 1.29 is 18.0 Å². The summed E-state index contributed by atoms with van der Waals surface area (Å²) in [7, 11) is 0. The highest BCUT2D eigenvalue weighted by atomic mass is 127. The lowest BCUT2D eigenvalue weighted by atomic mass is 9.77. The Bertz CT molecular complexity index is 478. The third-order valence-corrected chi connectivity index (χ3v) is 5.50. The molecule has 1 aromatic rings. The third-order valence-electron chi connectivity index (χ3n) is 3.39. The molecule has 0 aliphatic rings. The largest absolute Gasteiger partial charge is 0.397 e. The maximum absolute atomic E-state index is 13.2. The second-order valence-electron chi connectivity index (χ2n) is 4.79. The smallest absolute Gasteiger partial charge is 0.325 e. The Balaban J connectivity index is 3.06. The van der Waals surface area contributed by atoms with E-state index >= 15 is 0 Å². The summed E-state index contributed by atoms with van der Waals surface area (Å²) >= 11 is 7.59. The molecule has 0 spiro atoms. The van der Waals surface area contributed by atoms with Crippen LogP contribution in [-0.4, -0.2) is 21.4 Å². The van der Waals surface area contributed by atoms with Crippen molar-refractivity contribution in [3.63, 3.8) is 0 Å². The number of hydrogen-bond acceptors (Lipinski definition) is 1. The van der Waals surface area contributed by atoms with Crippen molar-refractivity contribution in [2.75, 3.05) is 9.74 Å². The number of amides is 1. The quantitative estimate of drug-likeness (QED) is 0.560. The van der Waals surface area contributed by atoms with E-state index in [-0.39, 0.29) is 4.43 Å². The van der Waals surface area contributed by atoms with Crippen molar-refractivity contribution in [1.29, 1.82) is 0 Å². The third kappa shape index (κ3) is 3.21. The topological polar surface area (TPSA) is 29.1 Å². The van der Waals surface area contributed by atoms with Crippen molar-refractivity contribution in [3.05, 3.63) is 30.3 Å². The van der Waals surface area contributed by atoms with E-state index in [1.54, 1.807) is 52.9 Å².